The average Bonchev–Trinajstić information content (AvgIpc) is 2.48. The van der Waals surface area contributed by atoms with E-state index >= 15 is 0 Å². The van der Waals surface area contributed by atoms with Gasteiger partial charge in [-0.3, -0.25) is 19.1 Å². The minimum Gasteiger partial charge on any atom is -0.755 e. The second-order valence-corrected chi connectivity index (χ2v) is 5.74. The van der Waals surface area contributed by atoms with E-state index in [2.05, 4.69) is 10.0 Å². The molecule has 24 heavy (non-hydrogen) atoms. The third kappa shape index (κ3) is 6.92. The summed E-state index contributed by atoms with van der Waals surface area (Å²) >= 11 is -2.55. The molecule has 1 rings (SSSR count). The van der Waals surface area contributed by atoms with Gasteiger partial charge in [-0.05, 0) is 38.8 Å². The van der Waals surface area contributed by atoms with E-state index in [1.807, 2.05) is 6.92 Å². The van der Waals surface area contributed by atoms with Crippen molar-refractivity contribution in [3.63, 3.8) is 0 Å². The summed E-state index contributed by atoms with van der Waals surface area (Å²) in [5.74, 6) is -0.267. The van der Waals surface area contributed by atoms with Gasteiger partial charge in [-0.25, -0.2) is 0 Å². The largest absolute Gasteiger partial charge is 0.755 e. The van der Waals surface area contributed by atoms with E-state index in [0.717, 1.165) is 6.07 Å². The molecule has 1 aromatic rings. The van der Waals surface area contributed by atoms with Gasteiger partial charge in [0.05, 0.1) is 17.2 Å². The smallest absolute Gasteiger partial charge is 0.305 e. The Bertz CT molecular complexity index is 610. The lowest BCUT2D eigenvalue weighted by molar-refractivity contribution is -0.383. The molecule has 0 saturated heterocycles. The number of carbonyl (C=O) groups is 1. The molecule has 0 radical (unpaired) electrons. The van der Waals surface area contributed by atoms with Crippen LogP contribution < -0.4 is 10.0 Å². The average molecular weight is 358 g/mol. The zero-order valence-corrected chi connectivity index (χ0v) is 14.3. The Hall–Kier alpha value is -2.20. The number of carbonyl (C=O) groups excluding carboxylic acids is 1. The number of anilines is 2. The van der Waals surface area contributed by atoms with Gasteiger partial charge in [-0.2, -0.15) is 0 Å². The summed E-state index contributed by atoms with van der Waals surface area (Å²) in [5, 5.41) is 14.1. The van der Waals surface area contributed by atoms with Crippen LogP contribution >= 0.6 is 0 Å². The number of benzene rings is 1. The van der Waals surface area contributed by atoms with Crippen LogP contribution in [0.2, 0.25) is 0 Å². The Kier molecular flexibility index (Phi) is 8.13. The number of nitro groups is 1. The van der Waals surface area contributed by atoms with Crippen molar-refractivity contribution in [2.75, 3.05) is 16.6 Å². The molecule has 1 aromatic carbocycles. The highest BCUT2D eigenvalue weighted by molar-refractivity contribution is 7.80. The Morgan fingerprint density at radius 2 is 2.17 bits per heavy atom. The highest BCUT2D eigenvalue weighted by Crippen LogP contribution is 2.29. The third-order valence-corrected chi connectivity index (χ3v) is 3.52. The maximum atomic E-state index is 11.3. The summed E-state index contributed by atoms with van der Waals surface area (Å²) in [6, 6.07) is 3.90. The first-order valence-electron chi connectivity index (χ1n) is 7.40. The summed E-state index contributed by atoms with van der Waals surface area (Å²) in [6.07, 6.45) is 1.51. The number of nitro benzene ring substituents is 1. The van der Waals surface area contributed by atoms with Crippen molar-refractivity contribution in [2.24, 2.45) is 0 Å². The summed E-state index contributed by atoms with van der Waals surface area (Å²) in [4.78, 5) is 21.8. The maximum absolute atomic E-state index is 11.3. The highest BCUT2D eigenvalue weighted by Gasteiger charge is 2.16. The summed E-state index contributed by atoms with van der Waals surface area (Å²) < 4.78 is 28.1. The van der Waals surface area contributed by atoms with Crippen LogP contribution in [0, 0.1) is 10.1 Å². The number of nitrogens with zero attached hydrogens (tertiary/aromatic N) is 1. The van der Waals surface area contributed by atoms with Gasteiger partial charge in [-0.15, -0.1) is 0 Å². The fourth-order valence-electron chi connectivity index (χ4n) is 2.09. The van der Waals surface area contributed by atoms with E-state index in [4.69, 9.17) is 4.74 Å². The molecule has 0 spiro atoms. The van der Waals surface area contributed by atoms with E-state index in [1.165, 1.54) is 12.1 Å². The first-order valence-corrected chi connectivity index (χ1v) is 8.47. The Balaban J connectivity index is 2.67. The molecule has 0 aliphatic heterocycles. The SMILES string of the molecule is CCOC(=O)CCCC(C)Nc1ccc(NS(=O)[O-])cc1[N+](=O)[O-]. The molecule has 0 fully saturated rings. The van der Waals surface area contributed by atoms with Gasteiger partial charge in [-0.1, -0.05) is 0 Å². The molecule has 0 heterocycles. The third-order valence-electron chi connectivity index (χ3n) is 3.12. The summed E-state index contributed by atoms with van der Waals surface area (Å²) in [7, 11) is 0. The molecule has 2 atom stereocenters. The van der Waals surface area contributed by atoms with Gasteiger partial charge in [0.2, 0.25) is 0 Å². The number of rotatable bonds is 10. The van der Waals surface area contributed by atoms with Crippen LogP contribution in [-0.4, -0.2) is 32.3 Å². The van der Waals surface area contributed by atoms with Gasteiger partial charge < -0.3 is 19.3 Å². The molecular weight excluding hydrogens is 338 g/mol. The van der Waals surface area contributed by atoms with E-state index in [-0.39, 0.29) is 29.1 Å². The lowest BCUT2D eigenvalue weighted by atomic mass is 10.1. The van der Waals surface area contributed by atoms with Gasteiger partial charge in [0.25, 0.3) is 5.69 Å². The van der Waals surface area contributed by atoms with E-state index < -0.39 is 16.2 Å². The molecular formula is C14H20N3O6S-. The zero-order chi connectivity index (χ0) is 18.1. The fourth-order valence-corrected chi connectivity index (χ4v) is 2.41. The molecule has 134 valence electrons. The minimum absolute atomic E-state index is 0.106. The number of esters is 1. The molecule has 9 nitrogen and oxygen atoms in total. The summed E-state index contributed by atoms with van der Waals surface area (Å²) in [6.45, 7) is 3.92. The quantitative estimate of drug-likeness (QED) is 0.284. The topological polar surface area (TPSA) is 134 Å². The molecule has 0 bridgehead atoms. The molecule has 10 heteroatoms. The molecule has 0 aliphatic rings. The first-order chi connectivity index (χ1) is 11.3. The van der Waals surface area contributed by atoms with Crippen molar-refractivity contribution in [2.45, 2.75) is 39.2 Å². The van der Waals surface area contributed by atoms with Crippen LogP contribution in [0.3, 0.4) is 0 Å². The van der Waals surface area contributed by atoms with Gasteiger partial charge >= 0.3 is 5.97 Å². The van der Waals surface area contributed by atoms with Crippen molar-refractivity contribution in [3.05, 3.63) is 28.3 Å². The molecule has 0 amide bonds. The standard InChI is InChI=1S/C14H21N3O6S/c1-3-23-14(18)6-4-5-10(2)15-12-8-7-11(16-24(21)22)9-13(12)17(19)20/h7-10,15-16H,3-6H2,1-2H3,(H,21,22)/p-1. The number of hydrogen-bond acceptors (Lipinski definition) is 7. The molecule has 0 aromatic heterocycles. The number of nitrogens with one attached hydrogen (secondary N) is 2. The molecule has 2 unspecified atom stereocenters. The van der Waals surface area contributed by atoms with Crippen LogP contribution in [0.4, 0.5) is 17.1 Å². The van der Waals surface area contributed by atoms with Gasteiger partial charge in [0, 0.05) is 29.8 Å². The van der Waals surface area contributed by atoms with Crippen LogP contribution in [-0.2, 0) is 20.8 Å². The lowest BCUT2D eigenvalue weighted by Gasteiger charge is -2.16. The molecule has 0 aliphatic carbocycles. The Labute approximate surface area is 142 Å². The second-order valence-electron chi connectivity index (χ2n) is 5.07. The van der Waals surface area contributed by atoms with Crippen molar-refractivity contribution >= 4 is 34.3 Å². The van der Waals surface area contributed by atoms with E-state index in [9.17, 15) is 23.7 Å². The van der Waals surface area contributed by atoms with Crippen molar-refractivity contribution in [3.8, 4) is 0 Å². The maximum Gasteiger partial charge on any atom is 0.305 e. The van der Waals surface area contributed by atoms with Crippen LogP contribution in [0.1, 0.15) is 33.1 Å². The summed E-state index contributed by atoms with van der Waals surface area (Å²) in [5.41, 5.74) is 0.157. The van der Waals surface area contributed by atoms with Crippen LogP contribution in [0.25, 0.3) is 0 Å². The van der Waals surface area contributed by atoms with Gasteiger partial charge in [0.15, 0.2) is 0 Å². The van der Waals surface area contributed by atoms with E-state index in [0.29, 0.717) is 25.9 Å². The molecule has 0 saturated carbocycles. The predicted molar refractivity (Wildman–Crippen MR) is 89.2 cm³/mol. The van der Waals surface area contributed by atoms with Crippen LogP contribution in [0.15, 0.2) is 18.2 Å². The minimum atomic E-state index is -2.55. The van der Waals surface area contributed by atoms with E-state index in [1.54, 1.807) is 6.92 Å². The number of hydrogen-bond donors (Lipinski definition) is 2. The zero-order valence-electron chi connectivity index (χ0n) is 13.4. The van der Waals surface area contributed by atoms with Gasteiger partial charge in [0.1, 0.15) is 5.69 Å². The second kappa shape index (κ2) is 9.83. The Morgan fingerprint density at radius 3 is 2.75 bits per heavy atom. The predicted octanol–water partition coefficient (Wildman–Crippen LogP) is 2.33. The van der Waals surface area contributed by atoms with Crippen LogP contribution in [0.5, 0.6) is 0 Å². The monoisotopic (exact) mass is 358 g/mol. The number of ether oxygens (including phenoxy) is 1. The first kappa shape index (κ1) is 19.8. The lowest BCUT2D eigenvalue weighted by Crippen LogP contribution is -2.17. The van der Waals surface area contributed by atoms with Crippen molar-refractivity contribution in [1.82, 2.24) is 0 Å². The molecule has 2 N–H and O–H groups in total. The van der Waals surface area contributed by atoms with Crippen molar-refractivity contribution in [1.29, 1.82) is 0 Å². The van der Waals surface area contributed by atoms with Crippen molar-refractivity contribution < 1.29 is 23.2 Å². The normalized spacial score (nSPS) is 13.0. The Morgan fingerprint density at radius 1 is 1.46 bits per heavy atom. The highest BCUT2D eigenvalue weighted by atomic mass is 32.2. The fraction of sp³-hybridized carbons (Fsp3) is 0.500.